The fourth-order valence-electron chi connectivity index (χ4n) is 5.22. The Labute approximate surface area is 215 Å². The summed E-state index contributed by atoms with van der Waals surface area (Å²) < 4.78 is 0. The van der Waals surface area contributed by atoms with Gasteiger partial charge in [0, 0.05) is 11.1 Å². The van der Waals surface area contributed by atoms with E-state index in [9.17, 15) is 0 Å². The molecule has 0 N–H and O–H groups in total. The van der Waals surface area contributed by atoms with Gasteiger partial charge in [-0.2, -0.15) is 0 Å². The summed E-state index contributed by atoms with van der Waals surface area (Å²) in [5.41, 5.74) is 14.4. The molecule has 2 heteroatoms. The molecule has 0 spiro atoms. The fraction of sp³-hybridized carbons (Fsp3) is 0.118. The number of rotatable bonds is 2. The quantitative estimate of drug-likeness (QED) is 0.134. The van der Waals surface area contributed by atoms with Gasteiger partial charge in [-0.15, -0.1) is 11.1 Å². The Hall–Kier alpha value is -3.83. The van der Waals surface area contributed by atoms with Crippen LogP contribution < -0.4 is 0 Å². The van der Waals surface area contributed by atoms with Gasteiger partial charge in [-0.1, -0.05) is 96.0 Å². The highest BCUT2D eigenvalue weighted by molar-refractivity contribution is 6.89. The first-order valence-corrected chi connectivity index (χ1v) is 15.9. The number of benzene rings is 5. The molecule has 0 nitrogen and oxygen atoms in total. The third-order valence-corrected chi connectivity index (χ3v) is 11.2. The molecule has 2 radical (unpaired) electrons. The van der Waals surface area contributed by atoms with E-state index >= 15 is 0 Å². The zero-order valence-electron chi connectivity index (χ0n) is 20.5. The maximum atomic E-state index is 3.70. The van der Waals surface area contributed by atoms with E-state index in [4.69, 9.17) is 0 Å². The molecule has 0 bridgehead atoms. The van der Waals surface area contributed by atoms with Gasteiger partial charge in [-0.05, 0) is 80.2 Å². The molecule has 0 unspecified atom stereocenters. The normalized spacial score (nSPS) is 14.8. The zero-order chi connectivity index (χ0) is 24.2. The summed E-state index contributed by atoms with van der Waals surface area (Å²) in [5, 5.41) is 13.1. The second kappa shape index (κ2) is 8.39. The van der Waals surface area contributed by atoms with E-state index in [1.54, 1.807) is 10.4 Å². The molecule has 7 rings (SSSR count). The van der Waals surface area contributed by atoms with Crippen molar-refractivity contribution in [3.8, 4) is 22.9 Å². The third-order valence-electron chi connectivity index (χ3n) is 7.42. The summed E-state index contributed by atoms with van der Waals surface area (Å²) in [6.07, 6.45) is 2.26. The van der Waals surface area contributed by atoms with Crippen LogP contribution in [0.3, 0.4) is 0 Å². The number of fused-ring (bicyclic) bond motifs is 4. The van der Waals surface area contributed by atoms with Crippen molar-refractivity contribution in [2.75, 3.05) is 0 Å². The van der Waals surface area contributed by atoms with E-state index in [2.05, 4.69) is 121 Å². The molecule has 5 aromatic carbocycles. The van der Waals surface area contributed by atoms with Crippen molar-refractivity contribution < 1.29 is 0 Å². The van der Waals surface area contributed by atoms with Gasteiger partial charge in [0.1, 0.15) is 0 Å². The lowest BCUT2D eigenvalue weighted by Crippen LogP contribution is -1.95. The van der Waals surface area contributed by atoms with Crippen molar-refractivity contribution in [3.05, 3.63) is 106 Å². The van der Waals surface area contributed by atoms with Gasteiger partial charge < -0.3 is 0 Å². The van der Waals surface area contributed by atoms with Crippen LogP contribution in [0, 0.1) is 22.9 Å². The van der Waals surface area contributed by atoms with Crippen molar-refractivity contribution in [1.29, 1.82) is 0 Å². The van der Waals surface area contributed by atoms with E-state index in [1.165, 1.54) is 43.1 Å². The predicted molar refractivity (Wildman–Crippen MR) is 158 cm³/mol. The number of hydrogen-bond donors (Lipinski definition) is 0. The van der Waals surface area contributed by atoms with Gasteiger partial charge in [0.05, 0.1) is 0 Å². The van der Waals surface area contributed by atoms with Gasteiger partial charge in [-0.3, -0.25) is 0 Å². The summed E-state index contributed by atoms with van der Waals surface area (Å²) in [6.45, 7) is 4.48. The highest BCUT2D eigenvalue weighted by Gasteiger charge is 2.24. The van der Waals surface area contributed by atoms with E-state index in [0.29, 0.717) is 0 Å². The van der Waals surface area contributed by atoms with E-state index in [1.807, 2.05) is 0 Å². The molecule has 0 fully saturated rings. The molecule has 0 amide bonds. The highest BCUT2D eigenvalue weighted by Crippen LogP contribution is 2.37. The SMILES string of the molecule is CCC1=C[Si]1C#Cc1c2cc3ccccc3cc2c(C#C[Si]2C=C2CC)c2cc3ccccc3cc12. The Morgan fingerprint density at radius 2 is 0.861 bits per heavy atom. The van der Waals surface area contributed by atoms with Crippen LogP contribution in [0.2, 0.25) is 0 Å². The molecule has 0 saturated carbocycles. The van der Waals surface area contributed by atoms with Crippen LogP contribution in [0.4, 0.5) is 0 Å². The molecule has 0 aliphatic carbocycles. The minimum absolute atomic E-state index is 0.723. The smallest absolute Gasteiger partial charge is 0.117 e. The molecular formula is C34H24Si2. The monoisotopic (exact) mass is 488 g/mol. The van der Waals surface area contributed by atoms with Crippen LogP contribution in [-0.2, 0) is 0 Å². The number of hydrogen-bond acceptors (Lipinski definition) is 0. The van der Waals surface area contributed by atoms with Crippen molar-refractivity contribution in [2.24, 2.45) is 0 Å². The first-order chi connectivity index (χ1) is 17.7. The molecule has 0 atom stereocenters. The third kappa shape index (κ3) is 3.62. The Morgan fingerprint density at radius 3 is 1.14 bits per heavy atom. The van der Waals surface area contributed by atoms with Gasteiger partial charge in [0.2, 0.25) is 17.6 Å². The average molecular weight is 489 g/mol. The summed E-state index contributed by atoms with van der Waals surface area (Å²) in [7, 11) is -1.45. The molecule has 2 heterocycles. The molecule has 5 aromatic rings. The lowest BCUT2D eigenvalue weighted by Gasteiger charge is -2.14. The molecule has 0 aromatic heterocycles. The first-order valence-electron chi connectivity index (χ1n) is 12.7. The Morgan fingerprint density at radius 1 is 0.528 bits per heavy atom. The van der Waals surface area contributed by atoms with Gasteiger partial charge in [0.15, 0.2) is 0 Å². The second-order valence-corrected chi connectivity index (χ2v) is 13.6. The van der Waals surface area contributed by atoms with Crippen LogP contribution >= 0.6 is 0 Å². The lowest BCUT2D eigenvalue weighted by atomic mass is 9.89. The molecule has 168 valence electrons. The maximum Gasteiger partial charge on any atom is 0.200 e. The van der Waals surface area contributed by atoms with Crippen LogP contribution in [0.1, 0.15) is 37.8 Å². The molecule has 36 heavy (non-hydrogen) atoms. The first kappa shape index (κ1) is 21.5. The van der Waals surface area contributed by atoms with Gasteiger partial charge in [0.25, 0.3) is 0 Å². The molecule has 2 aliphatic heterocycles. The molecule has 0 saturated heterocycles. The van der Waals surface area contributed by atoms with Gasteiger partial charge in [-0.25, -0.2) is 0 Å². The largest absolute Gasteiger partial charge is 0.200 e. The topological polar surface area (TPSA) is 0 Å². The maximum absolute atomic E-state index is 3.70. The predicted octanol–water partition coefficient (Wildman–Crippen LogP) is 7.93. The Balaban J connectivity index is 1.58. The minimum atomic E-state index is -0.723. The molecule has 2 aliphatic rings. The van der Waals surface area contributed by atoms with E-state index < -0.39 is 17.6 Å². The van der Waals surface area contributed by atoms with Gasteiger partial charge >= 0.3 is 0 Å². The van der Waals surface area contributed by atoms with Crippen LogP contribution in [0.25, 0.3) is 43.1 Å². The number of allylic oxidation sites excluding steroid dienone is 2. The zero-order valence-corrected chi connectivity index (χ0v) is 22.5. The lowest BCUT2D eigenvalue weighted by molar-refractivity contribution is 1.21. The minimum Gasteiger partial charge on any atom is -0.117 e. The fourth-order valence-corrected chi connectivity index (χ4v) is 8.36. The van der Waals surface area contributed by atoms with Crippen LogP contribution in [-0.4, -0.2) is 17.6 Å². The summed E-state index contributed by atoms with van der Waals surface area (Å²) in [5.74, 6) is 7.40. The standard InChI is InChI=1S/C34H24Si2/c1-3-27-21-35(27)15-13-29-31-17-23-9-5-7-11-25(23)19-33(31)30(14-16-36-22-28(36)4-2)34-20-26-12-8-6-10-24(26)18-32(29)34/h5-12,17-22H,3-4H2,1-2H3. The molecular weight excluding hydrogens is 465 g/mol. The Bertz CT molecular complexity index is 1700. The van der Waals surface area contributed by atoms with Crippen molar-refractivity contribution in [1.82, 2.24) is 0 Å². The van der Waals surface area contributed by atoms with E-state index in [0.717, 1.165) is 24.0 Å². The Kier molecular flexibility index (Phi) is 5.00. The summed E-state index contributed by atoms with van der Waals surface area (Å²) in [6, 6.07) is 26.7. The van der Waals surface area contributed by atoms with Crippen molar-refractivity contribution in [3.63, 3.8) is 0 Å². The highest BCUT2D eigenvalue weighted by atomic mass is 28.3. The van der Waals surface area contributed by atoms with Crippen LogP contribution in [0.5, 0.6) is 0 Å². The summed E-state index contributed by atoms with van der Waals surface area (Å²) >= 11 is 0. The van der Waals surface area contributed by atoms with Crippen LogP contribution in [0.15, 0.2) is 94.6 Å². The van der Waals surface area contributed by atoms with E-state index in [-0.39, 0.29) is 0 Å². The van der Waals surface area contributed by atoms with Crippen molar-refractivity contribution >= 4 is 60.7 Å². The second-order valence-electron chi connectivity index (χ2n) is 9.61. The summed E-state index contributed by atoms with van der Waals surface area (Å²) in [4.78, 5) is 0. The average Bonchev–Trinajstić information content (AvgIpc) is 3.84. The van der Waals surface area contributed by atoms with Crippen molar-refractivity contribution in [2.45, 2.75) is 26.7 Å².